The number of hydrogen-bond acceptors (Lipinski definition) is 2. The molecule has 0 amide bonds. The number of methoxy groups -OCH3 is 1. The van der Waals surface area contributed by atoms with Gasteiger partial charge in [0.05, 0.1) is 5.60 Å². The van der Waals surface area contributed by atoms with E-state index in [1.165, 1.54) is 19.3 Å². The van der Waals surface area contributed by atoms with Gasteiger partial charge in [-0.2, -0.15) is 0 Å². The number of nitrogens with one attached hydrogen (secondary N) is 1. The van der Waals surface area contributed by atoms with Gasteiger partial charge in [0.15, 0.2) is 0 Å². The van der Waals surface area contributed by atoms with Gasteiger partial charge in [0.2, 0.25) is 0 Å². The zero-order valence-electron chi connectivity index (χ0n) is 11.7. The molecule has 0 heterocycles. The van der Waals surface area contributed by atoms with Gasteiger partial charge in [0.25, 0.3) is 0 Å². The molecule has 0 radical (unpaired) electrons. The van der Waals surface area contributed by atoms with Gasteiger partial charge in [0.1, 0.15) is 0 Å². The maximum Gasteiger partial charge on any atom is 0.0623 e. The largest absolute Gasteiger partial charge is 0.379 e. The Kier molecular flexibility index (Phi) is 5.26. The van der Waals surface area contributed by atoms with Crippen molar-refractivity contribution in [2.24, 2.45) is 11.8 Å². The molecule has 2 unspecified atom stereocenters. The van der Waals surface area contributed by atoms with E-state index in [4.69, 9.17) is 4.74 Å². The Balaban J connectivity index is 2.37. The van der Waals surface area contributed by atoms with Gasteiger partial charge in [-0.15, -0.1) is 0 Å². The summed E-state index contributed by atoms with van der Waals surface area (Å²) in [5.41, 5.74) is 0.0247. The molecule has 2 nitrogen and oxygen atoms in total. The fourth-order valence-corrected chi connectivity index (χ4v) is 2.37. The molecule has 1 aliphatic carbocycles. The van der Waals surface area contributed by atoms with Crippen molar-refractivity contribution in [2.75, 3.05) is 13.7 Å². The van der Waals surface area contributed by atoms with Gasteiger partial charge in [-0.05, 0) is 57.9 Å². The Morgan fingerprint density at radius 1 is 1.38 bits per heavy atom. The highest BCUT2D eigenvalue weighted by Crippen LogP contribution is 2.39. The minimum Gasteiger partial charge on any atom is -0.379 e. The Morgan fingerprint density at radius 2 is 2.00 bits per heavy atom. The lowest BCUT2D eigenvalue weighted by Gasteiger charge is -2.29. The first kappa shape index (κ1) is 14.0. The van der Waals surface area contributed by atoms with Gasteiger partial charge in [-0.3, -0.25) is 0 Å². The van der Waals surface area contributed by atoms with Gasteiger partial charge in [-0.1, -0.05) is 13.8 Å². The molecule has 0 bridgehead atoms. The average molecular weight is 227 g/mol. The van der Waals surface area contributed by atoms with Crippen molar-refractivity contribution < 1.29 is 4.74 Å². The van der Waals surface area contributed by atoms with Crippen molar-refractivity contribution >= 4 is 0 Å². The van der Waals surface area contributed by atoms with Gasteiger partial charge in [0, 0.05) is 13.2 Å². The van der Waals surface area contributed by atoms with Crippen LogP contribution in [0.4, 0.5) is 0 Å². The second-order valence-corrected chi connectivity index (χ2v) is 5.86. The van der Waals surface area contributed by atoms with Crippen molar-refractivity contribution in [3.05, 3.63) is 0 Å². The maximum absolute atomic E-state index is 5.49. The standard InChI is InChI=1S/C14H29NO/c1-6-15-13(11(2)12-7-8-12)9-10-14(3,4)16-5/h11-13,15H,6-10H2,1-5H3. The smallest absolute Gasteiger partial charge is 0.0623 e. The average Bonchev–Trinajstić information content (AvgIpc) is 3.07. The third-order valence-corrected chi connectivity index (χ3v) is 4.08. The highest BCUT2D eigenvalue weighted by atomic mass is 16.5. The van der Waals surface area contributed by atoms with Crippen molar-refractivity contribution in [2.45, 2.75) is 65.0 Å². The molecule has 0 aromatic heterocycles. The third-order valence-electron chi connectivity index (χ3n) is 4.08. The second kappa shape index (κ2) is 6.02. The molecule has 2 atom stereocenters. The quantitative estimate of drug-likeness (QED) is 0.687. The van der Waals surface area contributed by atoms with Crippen LogP contribution in [-0.4, -0.2) is 25.3 Å². The third kappa shape index (κ3) is 4.42. The molecule has 0 spiro atoms. The van der Waals surface area contributed by atoms with Crippen LogP contribution in [-0.2, 0) is 4.74 Å². The lowest BCUT2D eigenvalue weighted by molar-refractivity contribution is 0.0101. The molecule has 0 aromatic rings. The molecule has 0 aliphatic heterocycles. The summed E-state index contributed by atoms with van der Waals surface area (Å²) in [7, 11) is 1.81. The van der Waals surface area contributed by atoms with Gasteiger partial charge >= 0.3 is 0 Å². The van der Waals surface area contributed by atoms with Gasteiger partial charge in [-0.25, -0.2) is 0 Å². The van der Waals surface area contributed by atoms with Crippen LogP contribution in [0.25, 0.3) is 0 Å². The molecule has 1 fully saturated rings. The molecule has 0 aromatic carbocycles. The summed E-state index contributed by atoms with van der Waals surface area (Å²) in [6.07, 6.45) is 5.25. The number of hydrogen-bond donors (Lipinski definition) is 1. The van der Waals surface area contributed by atoms with Crippen LogP contribution in [0.5, 0.6) is 0 Å². The van der Waals surface area contributed by atoms with E-state index in [-0.39, 0.29) is 5.60 Å². The van der Waals surface area contributed by atoms with Crippen molar-refractivity contribution in [1.29, 1.82) is 0 Å². The summed E-state index contributed by atoms with van der Waals surface area (Å²) in [5, 5.41) is 3.64. The highest BCUT2D eigenvalue weighted by molar-refractivity contribution is 4.87. The van der Waals surface area contributed by atoms with E-state index >= 15 is 0 Å². The highest BCUT2D eigenvalue weighted by Gasteiger charge is 2.33. The van der Waals surface area contributed by atoms with Crippen LogP contribution in [0.15, 0.2) is 0 Å². The summed E-state index contributed by atoms with van der Waals surface area (Å²) >= 11 is 0. The van der Waals surface area contributed by atoms with Crippen LogP contribution in [0.2, 0.25) is 0 Å². The SMILES string of the molecule is CCNC(CCC(C)(C)OC)C(C)C1CC1. The second-order valence-electron chi connectivity index (χ2n) is 5.86. The minimum atomic E-state index is 0.0247. The fourth-order valence-electron chi connectivity index (χ4n) is 2.37. The minimum absolute atomic E-state index is 0.0247. The molecule has 1 N–H and O–H groups in total. The van der Waals surface area contributed by atoms with E-state index in [0.717, 1.165) is 24.8 Å². The summed E-state index contributed by atoms with van der Waals surface area (Å²) in [6, 6.07) is 0.673. The molecular formula is C14H29NO. The molecule has 1 rings (SSSR count). The van der Waals surface area contributed by atoms with E-state index in [9.17, 15) is 0 Å². The monoisotopic (exact) mass is 227 g/mol. The van der Waals surface area contributed by atoms with E-state index < -0.39 is 0 Å². The van der Waals surface area contributed by atoms with Crippen LogP contribution in [0.3, 0.4) is 0 Å². The summed E-state index contributed by atoms with van der Waals surface area (Å²) in [5.74, 6) is 1.81. The van der Waals surface area contributed by atoms with E-state index in [1.807, 2.05) is 7.11 Å². The normalized spacial score (nSPS) is 20.8. The van der Waals surface area contributed by atoms with E-state index in [1.54, 1.807) is 0 Å². The van der Waals surface area contributed by atoms with E-state index in [0.29, 0.717) is 6.04 Å². The lowest BCUT2D eigenvalue weighted by Crippen LogP contribution is -2.38. The lowest BCUT2D eigenvalue weighted by atomic mass is 9.89. The van der Waals surface area contributed by atoms with Gasteiger partial charge < -0.3 is 10.1 Å². The molecule has 16 heavy (non-hydrogen) atoms. The fraction of sp³-hybridized carbons (Fsp3) is 1.00. The summed E-state index contributed by atoms with van der Waals surface area (Å²) in [4.78, 5) is 0. The molecule has 0 saturated heterocycles. The molecule has 2 heteroatoms. The number of ether oxygens (including phenoxy) is 1. The predicted octanol–water partition coefficient (Wildman–Crippen LogP) is 3.22. The predicted molar refractivity (Wildman–Crippen MR) is 69.7 cm³/mol. The summed E-state index contributed by atoms with van der Waals surface area (Å²) < 4.78 is 5.49. The van der Waals surface area contributed by atoms with Crippen molar-refractivity contribution in [3.63, 3.8) is 0 Å². The molecule has 96 valence electrons. The molecule has 1 saturated carbocycles. The topological polar surface area (TPSA) is 21.3 Å². The summed E-state index contributed by atoms with van der Waals surface area (Å²) in [6.45, 7) is 10.0. The first-order valence-corrected chi connectivity index (χ1v) is 6.78. The Morgan fingerprint density at radius 3 is 2.44 bits per heavy atom. The molecular weight excluding hydrogens is 198 g/mol. The van der Waals surface area contributed by atoms with Crippen molar-refractivity contribution in [3.8, 4) is 0 Å². The molecule has 1 aliphatic rings. The Bertz CT molecular complexity index is 199. The van der Waals surface area contributed by atoms with Crippen LogP contribution in [0.1, 0.15) is 53.4 Å². The first-order valence-electron chi connectivity index (χ1n) is 6.78. The Hall–Kier alpha value is -0.0800. The van der Waals surface area contributed by atoms with E-state index in [2.05, 4.69) is 33.0 Å². The van der Waals surface area contributed by atoms with Crippen LogP contribution < -0.4 is 5.32 Å². The van der Waals surface area contributed by atoms with Crippen LogP contribution in [0, 0.1) is 11.8 Å². The Labute approximate surface area is 101 Å². The number of rotatable bonds is 8. The first-order chi connectivity index (χ1) is 7.50. The zero-order chi connectivity index (χ0) is 12.2. The zero-order valence-corrected chi connectivity index (χ0v) is 11.7. The van der Waals surface area contributed by atoms with Crippen molar-refractivity contribution in [1.82, 2.24) is 5.32 Å². The maximum atomic E-state index is 5.49. The van der Waals surface area contributed by atoms with Crippen LogP contribution >= 0.6 is 0 Å².